The Balaban J connectivity index is 1.71. The van der Waals surface area contributed by atoms with Crippen LogP contribution in [0.1, 0.15) is 25.7 Å². The lowest BCUT2D eigenvalue weighted by Crippen LogP contribution is -2.75. The molecule has 0 saturated carbocycles. The number of nitrogens with one attached hydrogen (secondary N) is 1. The van der Waals surface area contributed by atoms with Gasteiger partial charge in [0.1, 0.15) is 0 Å². The highest BCUT2D eigenvalue weighted by Crippen LogP contribution is 2.43. The molecule has 17 heavy (non-hydrogen) atoms. The van der Waals surface area contributed by atoms with Crippen molar-refractivity contribution in [1.82, 2.24) is 10.2 Å². The van der Waals surface area contributed by atoms with E-state index in [1.807, 2.05) is 7.11 Å². The predicted octanol–water partition coefficient (Wildman–Crippen LogP) is 0.618. The molecule has 3 fully saturated rings. The molecule has 4 heteroatoms. The maximum Gasteiger partial charge on any atom is 0.0883 e. The number of methoxy groups -OCH3 is 1. The van der Waals surface area contributed by atoms with E-state index in [1.165, 1.54) is 25.9 Å². The summed E-state index contributed by atoms with van der Waals surface area (Å²) in [6, 6.07) is 0.765. The Bertz CT molecular complexity index is 260. The summed E-state index contributed by atoms with van der Waals surface area (Å²) in [5.74, 6) is 0. The summed E-state index contributed by atoms with van der Waals surface area (Å²) in [4.78, 5) is 2.73. The van der Waals surface area contributed by atoms with Gasteiger partial charge in [-0.3, -0.25) is 4.90 Å². The third kappa shape index (κ3) is 1.91. The molecule has 0 aromatic heterocycles. The van der Waals surface area contributed by atoms with Crippen LogP contribution in [0.25, 0.3) is 0 Å². The molecule has 0 aliphatic carbocycles. The van der Waals surface area contributed by atoms with Gasteiger partial charge in [-0.25, -0.2) is 0 Å². The molecule has 0 bridgehead atoms. The van der Waals surface area contributed by atoms with Gasteiger partial charge in [0.05, 0.1) is 11.6 Å². The van der Waals surface area contributed by atoms with Crippen LogP contribution in [0.15, 0.2) is 0 Å². The first kappa shape index (κ1) is 11.9. The third-order valence-corrected chi connectivity index (χ3v) is 4.93. The summed E-state index contributed by atoms with van der Waals surface area (Å²) in [6.45, 7) is 5.28. The van der Waals surface area contributed by atoms with Crippen LogP contribution < -0.4 is 5.32 Å². The van der Waals surface area contributed by atoms with Crippen molar-refractivity contribution in [3.63, 3.8) is 0 Å². The van der Waals surface area contributed by atoms with Crippen LogP contribution in [0.4, 0.5) is 0 Å². The van der Waals surface area contributed by atoms with Gasteiger partial charge in [-0.1, -0.05) is 0 Å². The van der Waals surface area contributed by atoms with Crippen LogP contribution in [-0.4, -0.2) is 62.5 Å². The van der Waals surface area contributed by atoms with Gasteiger partial charge in [-0.05, 0) is 38.8 Å². The molecule has 98 valence electrons. The van der Waals surface area contributed by atoms with E-state index in [1.54, 1.807) is 0 Å². The fourth-order valence-corrected chi connectivity index (χ4v) is 3.86. The van der Waals surface area contributed by atoms with E-state index >= 15 is 0 Å². The van der Waals surface area contributed by atoms with E-state index < -0.39 is 0 Å². The standard InChI is InChI=1S/C13H24N2O2/c1-16-12-10-15(11-2-6-14-7-3-11)13(12)4-8-17-9-5-13/h11-12,14H,2-10H2,1H3/t12-/m0/s1. The minimum Gasteiger partial charge on any atom is -0.381 e. The highest BCUT2D eigenvalue weighted by atomic mass is 16.5. The van der Waals surface area contributed by atoms with E-state index in [2.05, 4.69) is 10.2 Å². The van der Waals surface area contributed by atoms with E-state index in [0.29, 0.717) is 11.6 Å². The van der Waals surface area contributed by atoms with Crippen molar-refractivity contribution in [3.05, 3.63) is 0 Å². The maximum atomic E-state index is 5.69. The topological polar surface area (TPSA) is 33.7 Å². The highest BCUT2D eigenvalue weighted by molar-refractivity contribution is 5.11. The van der Waals surface area contributed by atoms with Crippen molar-refractivity contribution in [2.75, 3.05) is 40.0 Å². The van der Waals surface area contributed by atoms with Gasteiger partial charge in [0, 0.05) is 32.9 Å². The number of hydrogen-bond acceptors (Lipinski definition) is 4. The van der Waals surface area contributed by atoms with Crippen LogP contribution in [0, 0.1) is 0 Å². The Morgan fingerprint density at radius 3 is 2.59 bits per heavy atom. The van der Waals surface area contributed by atoms with E-state index in [9.17, 15) is 0 Å². The SMILES string of the molecule is CO[C@H]1CN(C2CCNCC2)C12CCOCC2. The molecule has 3 heterocycles. The average molecular weight is 240 g/mol. The highest BCUT2D eigenvalue weighted by Gasteiger charge is 2.56. The van der Waals surface area contributed by atoms with Gasteiger partial charge in [0.2, 0.25) is 0 Å². The number of hydrogen-bond donors (Lipinski definition) is 1. The van der Waals surface area contributed by atoms with Gasteiger partial charge in [-0.2, -0.15) is 0 Å². The summed E-state index contributed by atoms with van der Waals surface area (Å²) in [5, 5.41) is 3.45. The summed E-state index contributed by atoms with van der Waals surface area (Å²) in [5.41, 5.74) is 0.301. The molecule has 0 aromatic rings. The van der Waals surface area contributed by atoms with Crippen molar-refractivity contribution in [2.45, 2.75) is 43.4 Å². The first-order valence-corrected chi connectivity index (χ1v) is 6.95. The van der Waals surface area contributed by atoms with Gasteiger partial charge in [0.25, 0.3) is 0 Å². The second-order valence-corrected chi connectivity index (χ2v) is 5.57. The van der Waals surface area contributed by atoms with Gasteiger partial charge < -0.3 is 14.8 Å². The molecular formula is C13H24N2O2. The second kappa shape index (κ2) is 4.84. The van der Waals surface area contributed by atoms with E-state index in [0.717, 1.165) is 38.6 Å². The molecule has 1 spiro atoms. The lowest BCUT2D eigenvalue weighted by atomic mass is 9.73. The van der Waals surface area contributed by atoms with Crippen LogP contribution in [0.5, 0.6) is 0 Å². The largest absolute Gasteiger partial charge is 0.381 e. The minimum atomic E-state index is 0.301. The van der Waals surface area contributed by atoms with Crippen LogP contribution in [-0.2, 0) is 9.47 Å². The molecule has 0 unspecified atom stereocenters. The number of nitrogens with zero attached hydrogens (tertiary/aromatic N) is 1. The Kier molecular flexibility index (Phi) is 3.39. The number of ether oxygens (including phenoxy) is 2. The molecule has 3 aliphatic rings. The molecule has 1 N–H and O–H groups in total. The van der Waals surface area contributed by atoms with Crippen molar-refractivity contribution >= 4 is 0 Å². The lowest BCUT2D eigenvalue weighted by Gasteiger charge is -2.62. The fraction of sp³-hybridized carbons (Fsp3) is 1.00. The molecule has 0 amide bonds. The first-order valence-electron chi connectivity index (χ1n) is 6.95. The fourth-order valence-electron chi connectivity index (χ4n) is 3.86. The number of likely N-dealkylation sites (tertiary alicyclic amines) is 1. The van der Waals surface area contributed by atoms with Crippen molar-refractivity contribution in [2.24, 2.45) is 0 Å². The molecule has 0 radical (unpaired) electrons. The third-order valence-electron chi connectivity index (χ3n) is 4.93. The van der Waals surface area contributed by atoms with Crippen LogP contribution in [0.2, 0.25) is 0 Å². The van der Waals surface area contributed by atoms with Crippen LogP contribution >= 0.6 is 0 Å². The van der Waals surface area contributed by atoms with E-state index in [-0.39, 0.29) is 0 Å². The quantitative estimate of drug-likeness (QED) is 0.767. The zero-order valence-electron chi connectivity index (χ0n) is 10.8. The Hall–Kier alpha value is -0.160. The van der Waals surface area contributed by atoms with Gasteiger partial charge >= 0.3 is 0 Å². The van der Waals surface area contributed by atoms with Gasteiger partial charge in [0.15, 0.2) is 0 Å². The smallest absolute Gasteiger partial charge is 0.0883 e. The second-order valence-electron chi connectivity index (χ2n) is 5.57. The molecule has 3 saturated heterocycles. The van der Waals surface area contributed by atoms with Crippen molar-refractivity contribution < 1.29 is 9.47 Å². The monoisotopic (exact) mass is 240 g/mol. The number of piperidine rings is 1. The van der Waals surface area contributed by atoms with Crippen molar-refractivity contribution in [1.29, 1.82) is 0 Å². The van der Waals surface area contributed by atoms with Gasteiger partial charge in [-0.15, -0.1) is 0 Å². The maximum absolute atomic E-state index is 5.69. The lowest BCUT2D eigenvalue weighted by molar-refractivity contribution is -0.206. The molecule has 3 aliphatic heterocycles. The summed E-state index contributed by atoms with van der Waals surface area (Å²) in [7, 11) is 1.86. The number of rotatable bonds is 2. The molecular weight excluding hydrogens is 216 g/mol. The molecule has 1 atom stereocenters. The summed E-state index contributed by atoms with van der Waals surface area (Å²) < 4.78 is 11.2. The molecule has 0 aromatic carbocycles. The Morgan fingerprint density at radius 2 is 1.94 bits per heavy atom. The predicted molar refractivity (Wildman–Crippen MR) is 66.2 cm³/mol. The first-order chi connectivity index (χ1) is 8.37. The Morgan fingerprint density at radius 1 is 1.24 bits per heavy atom. The zero-order valence-corrected chi connectivity index (χ0v) is 10.8. The van der Waals surface area contributed by atoms with Crippen LogP contribution in [0.3, 0.4) is 0 Å². The van der Waals surface area contributed by atoms with E-state index in [4.69, 9.17) is 9.47 Å². The average Bonchev–Trinajstić information content (AvgIpc) is 2.40. The summed E-state index contributed by atoms with van der Waals surface area (Å²) in [6.07, 6.45) is 5.31. The Labute approximate surface area is 104 Å². The minimum absolute atomic E-state index is 0.301. The van der Waals surface area contributed by atoms with Crippen molar-refractivity contribution in [3.8, 4) is 0 Å². The summed E-state index contributed by atoms with van der Waals surface area (Å²) >= 11 is 0. The molecule has 4 nitrogen and oxygen atoms in total. The normalized spacial score (nSPS) is 34.8. The zero-order chi connectivity index (χ0) is 11.7. The molecule has 3 rings (SSSR count).